The van der Waals surface area contributed by atoms with E-state index in [4.69, 9.17) is 16.9 Å². The van der Waals surface area contributed by atoms with Gasteiger partial charge in [-0.15, -0.1) is 0 Å². The molecule has 7 N–H and O–H groups in total. The molecule has 0 aliphatic carbocycles. The molecule has 2 amide bonds. The van der Waals surface area contributed by atoms with Crippen LogP contribution in [0.1, 0.15) is 16.1 Å². The van der Waals surface area contributed by atoms with Crippen molar-refractivity contribution >= 4 is 17.5 Å². The molecular formula is C13H13N7O3. The normalized spacial score (nSPS) is 11.0. The predicted octanol–water partition coefficient (Wildman–Crippen LogP) is -1.08. The first-order valence-electron chi connectivity index (χ1n) is 6.29. The second-order valence-corrected chi connectivity index (χ2v) is 4.22. The van der Waals surface area contributed by atoms with E-state index >= 15 is 0 Å². The summed E-state index contributed by atoms with van der Waals surface area (Å²) in [4.78, 5) is 31.7. The lowest BCUT2D eigenvalue weighted by Gasteiger charge is -2.09. The molecule has 118 valence electrons. The summed E-state index contributed by atoms with van der Waals surface area (Å²) in [6.07, 6.45) is 1.17. The second-order valence-electron chi connectivity index (χ2n) is 4.22. The van der Waals surface area contributed by atoms with Crippen molar-refractivity contribution in [1.82, 2.24) is 20.8 Å². The Hall–Kier alpha value is -3.37. The van der Waals surface area contributed by atoms with E-state index in [-0.39, 0.29) is 17.1 Å². The Morgan fingerprint density at radius 1 is 1.13 bits per heavy atom. The Balaban J connectivity index is 2.60. The van der Waals surface area contributed by atoms with Crippen LogP contribution in [0.4, 0.5) is 0 Å². The van der Waals surface area contributed by atoms with Gasteiger partial charge < -0.3 is 5.21 Å². The third-order valence-electron chi connectivity index (χ3n) is 2.87. The minimum atomic E-state index is -0.922. The minimum Gasteiger partial charge on any atom is -0.410 e. The number of hydrazine groups is 2. The van der Waals surface area contributed by atoms with Gasteiger partial charge in [-0.1, -0.05) is 35.5 Å². The van der Waals surface area contributed by atoms with Crippen molar-refractivity contribution in [3.05, 3.63) is 47.8 Å². The van der Waals surface area contributed by atoms with E-state index in [1.165, 1.54) is 6.20 Å². The molecule has 1 aromatic carbocycles. The van der Waals surface area contributed by atoms with Crippen molar-refractivity contribution in [3.63, 3.8) is 0 Å². The SMILES string of the molecule is NNC(=O)C(=NO)c1cnc(-c2ccccc2)nc1C(=O)NN. The van der Waals surface area contributed by atoms with Crippen LogP contribution in [0.25, 0.3) is 11.4 Å². The summed E-state index contributed by atoms with van der Waals surface area (Å²) in [6.45, 7) is 0. The molecule has 0 fully saturated rings. The molecule has 0 aliphatic rings. The van der Waals surface area contributed by atoms with Crippen LogP contribution < -0.4 is 22.5 Å². The molecule has 1 heterocycles. The zero-order valence-electron chi connectivity index (χ0n) is 11.7. The molecule has 0 bridgehead atoms. The highest BCUT2D eigenvalue weighted by Gasteiger charge is 2.23. The summed E-state index contributed by atoms with van der Waals surface area (Å²) >= 11 is 0. The van der Waals surface area contributed by atoms with Gasteiger partial charge in [0.05, 0.1) is 5.56 Å². The molecule has 10 heteroatoms. The Labute approximate surface area is 130 Å². The standard InChI is InChI=1S/C13H13N7O3/c14-18-12(21)9-8(10(20-23)13(22)19-15)6-16-11(17-9)7-4-2-1-3-5-7/h1-6,23H,14-15H2,(H,18,21)(H,19,22). The molecule has 0 saturated carbocycles. The molecule has 2 aromatic rings. The van der Waals surface area contributed by atoms with Crippen LogP contribution in [-0.2, 0) is 4.79 Å². The van der Waals surface area contributed by atoms with Crippen molar-refractivity contribution < 1.29 is 14.8 Å². The van der Waals surface area contributed by atoms with Crippen molar-refractivity contribution in [2.24, 2.45) is 16.8 Å². The number of nitrogens with one attached hydrogen (secondary N) is 2. The number of nitrogens with zero attached hydrogens (tertiary/aromatic N) is 3. The topological polar surface area (TPSA) is 169 Å². The number of nitrogens with two attached hydrogens (primary N) is 2. The maximum Gasteiger partial charge on any atom is 0.287 e. The number of rotatable bonds is 4. The number of hydrogen-bond donors (Lipinski definition) is 5. The summed E-state index contributed by atoms with van der Waals surface area (Å²) in [5, 5.41) is 11.8. The molecule has 1 aromatic heterocycles. The van der Waals surface area contributed by atoms with Gasteiger partial charge in [0, 0.05) is 11.8 Å². The molecule has 10 nitrogen and oxygen atoms in total. The van der Waals surface area contributed by atoms with Gasteiger partial charge in [0.2, 0.25) is 0 Å². The fraction of sp³-hybridized carbons (Fsp3) is 0. The van der Waals surface area contributed by atoms with Gasteiger partial charge in [-0.25, -0.2) is 21.7 Å². The van der Waals surface area contributed by atoms with Crippen LogP contribution >= 0.6 is 0 Å². The Kier molecular flexibility index (Phi) is 4.92. The largest absolute Gasteiger partial charge is 0.410 e. The van der Waals surface area contributed by atoms with E-state index in [0.29, 0.717) is 5.56 Å². The van der Waals surface area contributed by atoms with E-state index in [1.807, 2.05) is 11.5 Å². The number of amides is 2. The predicted molar refractivity (Wildman–Crippen MR) is 79.8 cm³/mol. The third kappa shape index (κ3) is 3.28. The highest BCUT2D eigenvalue weighted by molar-refractivity contribution is 6.46. The molecule has 0 spiro atoms. The fourth-order valence-electron chi connectivity index (χ4n) is 1.81. The lowest BCUT2D eigenvalue weighted by atomic mass is 10.1. The zero-order chi connectivity index (χ0) is 16.8. The van der Waals surface area contributed by atoms with Gasteiger partial charge in [0.15, 0.2) is 11.5 Å². The average Bonchev–Trinajstić information content (AvgIpc) is 2.62. The first-order chi connectivity index (χ1) is 11.1. The highest BCUT2D eigenvalue weighted by Crippen LogP contribution is 2.16. The van der Waals surface area contributed by atoms with Crippen molar-refractivity contribution in [1.29, 1.82) is 0 Å². The second kappa shape index (κ2) is 7.06. The van der Waals surface area contributed by atoms with Gasteiger partial charge in [0.1, 0.15) is 5.69 Å². The van der Waals surface area contributed by atoms with E-state index in [2.05, 4.69) is 15.1 Å². The van der Waals surface area contributed by atoms with Gasteiger partial charge in [-0.2, -0.15) is 0 Å². The Morgan fingerprint density at radius 3 is 2.39 bits per heavy atom. The lowest BCUT2D eigenvalue weighted by Crippen LogP contribution is -2.39. The molecular weight excluding hydrogens is 302 g/mol. The van der Waals surface area contributed by atoms with Gasteiger partial charge in [0.25, 0.3) is 11.8 Å². The molecule has 0 atom stereocenters. The Bertz CT molecular complexity index is 761. The summed E-state index contributed by atoms with van der Waals surface area (Å²) in [6, 6.07) is 8.85. The van der Waals surface area contributed by atoms with Crippen molar-refractivity contribution in [2.75, 3.05) is 0 Å². The maximum absolute atomic E-state index is 11.9. The first-order valence-corrected chi connectivity index (χ1v) is 6.29. The molecule has 23 heavy (non-hydrogen) atoms. The smallest absolute Gasteiger partial charge is 0.287 e. The quantitative estimate of drug-likeness (QED) is 0.157. The van der Waals surface area contributed by atoms with Crippen molar-refractivity contribution in [3.8, 4) is 11.4 Å². The number of oxime groups is 1. The van der Waals surface area contributed by atoms with Gasteiger partial charge in [-0.3, -0.25) is 20.4 Å². The number of benzene rings is 1. The number of aromatic nitrogens is 2. The van der Waals surface area contributed by atoms with E-state index in [1.54, 1.807) is 29.7 Å². The maximum atomic E-state index is 11.9. The van der Waals surface area contributed by atoms with Crippen LogP contribution in [0.5, 0.6) is 0 Å². The summed E-state index contributed by atoms with van der Waals surface area (Å²) < 4.78 is 0. The van der Waals surface area contributed by atoms with E-state index < -0.39 is 17.5 Å². The third-order valence-corrected chi connectivity index (χ3v) is 2.87. The minimum absolute atomic E-state index is 0.127. The lowest BCUT2D eigenvalue weighted by molar-refractivity contribution is -0.114. The van der Waals surface area contributed by atoms with Crippen molar-refractivity contribution in [2.45, 2.75) is 0 Å². The van der Waals surface area contributed by atoms with E-state index in [0.717, 1.165) is 0 Å². The van der Waals surface area contributed by atoms with Crippen LogP contribution in [-0.4, -0.2) is 32.7 Å². The summed E-state index contributed by atoms with van der Waals surface area (Å²) in [5.41, 5.74) is 3.47. The molecule has 2 rings (SSSR count). The molecule has 0 aliphatic heterocycles. The van der Waals surface area contributed by atoms with Crippen LogP contribution in [0.3, 0.4) is 0 Å². The fourth-order valence-corrected chi connectivity index (χ4v) is 1.81. The number of nitrogen functional groups attached to an aromatic ring is 1. The van der Waals surface area contributed by atoms with Gasteiger partial charge in [-0.05, 0) is 0 Å². The zero-order valence-corrected chi connectivity index (χ0v) is 11.7. The summed E-state index contributed by atoms with van der Waals surface area (Å²) in [7, 11) is 0. The first kappa shape index (κ1) is 16.0. The van der Waals surface area contributed by atoms with E-state index in [9.17, 15) is 9.59 Å². The summed E-state index contributed by atoms with van der Waals surface area (Å²) in [5.74, 6) is 8.66. The van der Waals surface area contributed by atoms with Crippen LogP contribution in [0.15, 0.2) is 41.7 Å². The molecule has 0 saturated heterocycles. The number of hydrogen-bond acceptors (Lipinski definition) is 8. The van der Waals surface area contributed by atoms with Gasteiger partial charge >= 0.3 is 0 Å². The van der Waals surface area contributed by atoms with Crippen LogP contribution in [0, 0.1) is 0 Å². The average molecular weight is 315 g/mol. The number of carbonyl (C=O) groups is 2. The molecule has 0 radical (unpaired) electrons. The Morgan fingerprint density at radius 2 is 1.83 bits per heavy atom. The molecule has 0 unspecified atom stereocenters. The van der Waals surface area contributed by atoms with Crippen LogP contribution in [0.2, 0.25) is 0 Å². The monoisotopic (exact) mass is 315 g/mol. The number of carbonyl (C=O) groups excluding carboxylic acids is 2. The highest BCUT2D eigenvalue weighted by atomic mass is 16.4.